The van der Waals surface area contributed by atoms with Crippen LogP contribution in [0.5, 0.6) is 0 Å². The molecule has 0 radical (unpaired) electrons. The van der Waals surface area contributed by atoms with Gasteiger partial charge in [-0.15, -0.1) is 0 Å². The zero-order chi connectivity index (χ0) is 38.9. The van der Waals surface area contributed by atoms with Crippen LogP contribution < -0.4 is 4.90 Å². The van der Waals surface area contributed by atoms with Crippen molar-refractivity contribution in [2.45, 2.75) is 32.7 Å². The quantitative estimate of drug-likeness (QED) is 0.0957. The maximum Gasteiger partial charge on any atom is 0.146 e. The molecule has 0 saturated heterocycles. The number of nitrogens with zero attached hydrogens (tertiary/aromatic N) is 4. The van der Waals surface area contributed by atoms with E-state index in [1.165, 1.54) is 53.3 Å². The van der Waals surface area contributed by atoms with Crippen molar-refractivity contribution in [3.05, 3.63) is 185 Å². The SMILES string of the molecule is C/C=C\c1c(/C=C/C(/C=C(\I)N(C)c2ccccc2-c2ccccc2)CC(CC)n2c3ccccc3c3ccccc32)n2c3ccccc3nc2c2ccccc12. The van der Waals surface area contributed by atoms with Crippen molar-refractivity contribution in [2.24, 2.45) is 5.92 Å². The summed E-state index contributed by atoms with van der Waals surface area (Å²) in [5.74, 6) is 0.0999. The number of hydrogen-bond donors (Lipinski definition) is 0. The predicted octanol–water partition coefficient (Wildman–Crippen LogP) is 14.5. The van der Waals surface area contributed by atoms with E-state index in [1.807, 2.05) is 0 Å². The van der Waals surface area contributed by atoms with Crippen LogP contribution in [0, 0.1) is 5.92 Å². The van der Waals surface area contributed by atoms with Gasteiger partial charge in [-0.2, -0.15) is 0 Å². The van der Waals surface area contributed by atoms with Crippen molar-refractivity contribution in [1.82, 2.24) is 14.0 Å². The molecule has 5 heteroatoms. The molecule has 3 heterocycles. The monoisotopic (exact) mass is 852 g/mol. The van der Waals surface area contributed by atoms with Crippen LogP contribution in [0.15, 0.2) is 174 Å². The van der Waals surface area contributed by atoms with Crippen molar-refractivity contribution >= 4 is 89.7 Å². The van der Waals surface area contributed by atoms with Gasteiger partial charge in [0.1, 0.15) is 5.65 Å². The van der Waals surface area contributed by atoms with E-state index in [9.17, 15) is 0 Å². The smallest absolute Gasteiger partial charge is 0.146 e. The molecule has 0 spiro atoms. The Labute approximate surface area is 348 Å². The Balaban J connectivity index is 1.22. The highest BCUT2D eigenvalue weighted by molar-refractivity contribution is 14.1. The van der Waals surface area contributed by atoms with E-state index in [2.05, 4.69) is 239 Å². The molecule has 9 rings (SSSR count). The largest absolute Gasteiger partial charge is 0.339 e. The number of anilines is 1. The van der Waals surface area contributed by atoms with Crippen molar-refractivity contribution in [1.29, 1.82) is 0 Å². The summed E-state index contributed by atoms with van der Waals surface area (Å²) in [5, 5.41) is 4.97. The van der Waals surface area contributed by atoms with Gasteiger partial charge in [0.25, 0.3) is 0 Å². The Morgan fingerprint density at radius 2 is 1.28 bits per heavy atom. The summed E-state index contributed by atoms with van der Waals surface area (Å²) in [7, 11) is 2.19. The lowest BCUT2D eigenvalue weighted by molar-refractivity contribution is 0.445. The van der Waals surface area contributed by atoms with E-state index in [0.717, 1.165) is 40.6 Å². The number of benzene rings is 6. The molecule has 0 aliphatic heterocycles. The van der Waals surface area contributed by atoms with Crippen LogP contribution in [0.1, 0.15) is 44.0 Å². The fraction of sp³-hybridized carbons (Fsp3) is 0.135. The molecule has 280 valence electrons. The highest BCUT2D eigenvalue weighted by Gasteiger charge is 2.22. The standard InChI is InChI=1S/C52H45IN4/c1-4-19-41-40-23-9-10-26-44(40)52-54-45-27-14-18-31-50(45)57(52)49(41)33-32-36(35-51(53)55(3)46-28-15-11-22-39(46)37-20-7-6-8-21-37)34-38(5-2)56-47-29-16-12-24-42(47)43-25-13-17-30-48(43)56/h4,6-33,35-36,38H,5,34H2,1-3H3/b19-4-,33-32+,51-35+. The van der Waals surface area contributed by atoms with E-state index >= 15 is 0 Å². The molecular weight excluding hydrogens is 808 g/mol. The summed E-state index contributed by atoms with van der Waals surface area (Å²) in [6.45, 7) is 4.44. The number of rotatable bonds is 11. The topological polar surface area (TPSA) is 25.5 Å². The highest BCUT2D eigenvalue weighted by atomic mass is 127. The molecule has 0 N–H and O–H groups in total. The number of allylic oxidation sites excluding steroid dienone is 3. The van der Waals surface area contributed by atoms with Crippen molar-refractivity contribution in [2.75, 3.05) is 11.9 Å². The van der Waals surface area contributed by atoms with Crippen LogP contribution in [0.25, 0.3) is 72.5 Å². The van der Waals surface area contributed by atoms with Crippen LogP contribution in [0.4, 0.5) is 5.69 Å². The Bertz CT molecular complexity index is 2930. The summed E-state index contributed by atoms with van der Waals surface area (Å²) in [6, 6.07) is 54.6. The van der Waals surface area contributed by atoms with Crippen LogP contribution >= 0.6 is 22.6 Å². The lowest BCUT2D eigenvalue weighted by atomic mass is 9.95. The average molecular weight is 853 g/mol. The van der Waals surface area contributed by atoms with E-state index in [4.69, 9.17) is 4.98 Å². The molecule has 6 aromatic carbocycles. The van der Waals surface area contributed by atoms with Crippen LogP contribution in [-0.2, 0) is 0 Å². The minimum absolute atomic E-state index is 0.0999. The van der Waals surface area contributed by atoms with Gasteiger partial charge in [-0.3, -0.25) is 4.40 Å². The second-order valence-corrected chi connectivity index (χ2v) is 15.9. The van der Waals surface area contributed by atoms with Crippen molar-refractivity contribution < 1.29 is 0 Å². The van der Waals surface area contributed by atoms with Crippen LogP contribution in [0.2, 0.25) is 0 Å². The Kier molecular flexibility index (Phi) is 10.2. The first-order valence-corrected chi connectivity index (χ1v) is 21.0. The van der Waals surface area contributed by atoms with E-state index in [0.29, 0.717) is 0 Å². The normalized spacial score (nSPS) is 13.6. The number of aromatic nitrogens is 3. The van der Waals surface area contributed by atoms with Gasteiger partial charge in [-0.1, -0.05) is 146 Å². The van der Waals surface area contributed by atoms with Gasteiger partial charge in [0.15, 0.2) is 0 Å². The highest BCUT2D eigenvalue weighted by Crippen LogP contribution is 2.39. The van der Waals surface area contributed by atoms with E-state index in [-0.39, 0.29) is 12.0 Å². The van der Waals surface area contributed by atoms with Gasteiger partial charge in [0.2, 0.25) is 0 Å². The lowest BCUT2D eigenvalue weighted by Gasteiger charge is -2.26. The molecule has 57 heavy (non-hydrogen) atoms. The Hall–Kier alpha value is -5.92. The molecule has 0 fully saturated rings. The molecule has 3 aromatic heterocycles. The molecule has 2 atom stereocenters. The average Bonchev–Trinajstić information content (AvgIpc) is 3.82. The second kappa shape index (κ2) is 15.9. The summed E-state index contributed by atoms with van der Waals surface area (Å²) in [6.07, 6.45) is 13.6. The zero-order valence-corrected chi connectivity index (χ0v) is 34.7. The van der Waals surface area contributed by atoms with Crippen LogP contribution in [0.3, 0.4) is 0 Å². The molecule has 0 saturated carbocycles. The molecule has 0 bridgehead atoms. The maximum absolute atomic E-state index is 5.21. The zero-order valence-electron chi connectivity index (χ0n) is 32.6. The third-order valence-corrected chi connectivity index (χ3v) is 12.5. The fourth-order valence-electron chi connectivity index (χ4n) is 8.69. The number of halogens is 1. The van der Waals surface area contributed by atoms with Gasteiger partial charge >= 0.3 is 0 Å². The first-order chi connectivity index (χ1) is 28.1. The Morgan fingerprint density at radius 1 is 0.684 bits per heavy atom. The van der Waals surface area contributed by atoms with Gasteiger partial charge in [0.05, 0.1) is 20.4 Å². The minimum Gasteiger partial charge on any atom is -0.339 e. The fourth-order valence-corrected chi connectivity index (χ4v) is 9.41. The number of fused-ring (bicyclic) bond motifs is 8. The third-order valence-electron chi connectivity index (χ3n) is 11.4. The molecule has 9 aromatic rings. The molecular formula is C52H45IN4. The maximum atomic E-state index is 5.21. The van der Waals surface area contributed by atoms with Gasteiger partial charge in [0, 0.05) is 57.1 Å². The number of hydrogen-bond acceptors (Lipinski definition) is 2. The minimum atomic E-state index is 0.0999. The molecule has 0 amide bonds. The summed E-state index contributed by atoms with van der Waals surface area (Å²) < 4.78 is 6.14. The summed E-state index contributed by atoms with van der Waals surface area (Å²) in [4.78, 5) is 7.55. The number of para-hydroxylation sites is 5. The van der Waals surface area contributed by atoms with Gasteiger partial charge in [-0.05, 0) is 102 Å². The van der Waals surface area contributed by atoms with Crippen molar-refractivity contribution in [3.63, 3.8) is 0 Å². The Morgan fingerprint density at radius 3 is 1.98 bits per heavy atom. The number of pyridine rings is 1. The van der Waals surface area contributed by atoms with Gasteiger partial charge < -0.3 is 9.47 Å². The molecule has 0 aliphatic rings. The molecule has 4 nitrogen and oxygen atoms in total. The third kappa shape index (κ3) is 6.74. The first kappa shape index (κ1) is 36.7. The predicted molar refractivity (Wildman–Crippen MR) is 253 cm³/mol. The molecule has 2 unspecified atom stereocenters. The van der Waals surface area contributed by atoms with E-state index in [1.54, 1.807) is 0 Å². The van der Waals surface area contributed by atoms with Crippen LogP contribution in [-0.4, -0.2) is 21.0 Å². The number of imidazole rings is 1. The summed E-state index contributed by atoms with van der Waals surface area (Å²) in [5.41, 5.74) is 11.6. The van der Waals surface area contributed by atoms with E-state index < -0.39 is 0 Å². The van der Waals surface area contributed by atoms with Crippen molar-refractivity contribution in [3.8, 4) is 11.1 Å². The first-order valence-electron chi connectivity index (χ1n) is 19.9. The lowest BCUT2D eigenvalue weighted by Crippen LogP contribution is -2.16. The van der Waals surface area contributed by atoms with Gasteiger partial charge in [-0.25, -0.2) is 4.98 Å². The second-order valence-electron chi connectivity index (χ2n) is 14.8. The summed E-state index contributed by atoms with van der Waals surface area (Å²) >= 11 is 2.55. The molecule has 0 aliphatic carbocycles.